The highest BCUT2D eigenvalue weighted by molar-refractivity contribution is 5.91. The number of rotatable bonds is 5. The van der Waals surface area contributed by atoms with Gasteiger partial charge in [-0.3, -0.25) is 4.79 Å². The molecule has 0 unspecified atom stereocenters. The van der Waals surface area contributed by atoms with Crippen molar-refractivity contribution < 1.29 is 14.3 Å². The molecule has 3 saturated carbocycles. The normalized spacial score (nSPS) is 39.2. The van der Waals surface area contributed by atoms with Gasteiger partial charge in [-0.15, -0.1) is 0 Å². The molecule has 0 aromatic heterocycles. The molecule has 6 atom stereocenters. The van der Waals surface area contributed by atoms with Crippen molar-refractivity contribution in [2.75, 3.05) is 0 Å². The molecule has 0 aliphatic heterocycles. The van der Waals surface area contributed by atoms with E-state index in [-0.39, 0.29) is 22.4 Å². The van der Waals surface area contributed by atoms with E-state index in [0.717, 1.165) is 50.5 Å². The Labute approximate surface area is 205 Å². The Morgan fingerprint density at radius 3 is 2.56 bits per heavy atom. The highest BCUT2D eigenvalue weighted by Crippen LogP contribution is 2.69. The van der Waals surface area contributed by atoms with Gasteiger partial charge in [0.05, 0.1) is 0 Å². The number of ketones is 1. The number of benzene rings is 1. The molecule has 5 rings (SSSR count). The number of fused-ring (bicyclic) bond motifs is 5. The van der Waals surface area contributed by atoms with Gasteiger partial charge in [-0.1, -0.05) is 63.1 Å². The summed E-state index contributed by atoms with van der Waals surface area (Å²) in [5, 5.41) is 0. The topological polar surface area (TPSA) is 43.4 Å². The maximum Gasteiger partial charge on any atom is 0.331 e. The van der Waals surface area contributed by atoms with Gasteiger partial charge in [0, 0.05) is 17.9 Å². The molecule has 1 aromatic carbocycles. The van der Waals surface area contributed by atoms with Crippen LogP contribution in [0.3, 0.4) is 0 Å². The molecule has 182 valence electrons. The molecule has 4 aliphatic rings. The second-order valence-corrected chi connectivity index (χ2v) is 11.9. The number of carbonyl (C=O) groups is 2. The van der Waals surface area contributed by atoms with E-state index in [2.05, 4.69) is 20.8 Å². The summed E-state index contributed by atoms with van der Waals surface area (Å²) in [6, 6.07) is 9.96. The van der Waals surface area contributed by atoms with Crippen molar-refractivity contribution in [2.24, 2.45) is 28.6 Å². The number of esters is 1. The van der Waals surface area contributed by atoms with Crippen LogP contribution in [-0.4, -0.2) is 17.4 Å². The van der Waals surface area contributed by atoms with Gasteiger partial charge in [0.25, 0.3) is 0 Å². The van der Waals surface area contributed by atoms with Gasteiger partial charge >= 0.3 is 5.97 Å². The molecule has 4 aliphatic carbocycles. The Kier molecular flexibility index (Phi) is 6.11. The minimum atomic E-state index is -0.366. The first kappa shape index (κ1) is 23.6. The first-order valence-electron chi connectivity index (χ1n) is 13.5. The maximum atomic E-state index is 13.1. The summed E-state index contributed by atoms with van der Waals surface area (Å²) in [5.41, 5.74) is 2.29. The van der Waals surface area contributed by atoms with Crippen LogP contribution in [-0.2, 0) is 14.3 Å². The van der Waals surface area contributed by atoms with Crippen molar-refractivity contribution in [3.63, 3.8) is 0 Å². The predicted molar refractivity (Wildman–Crippen MR) is 136 cm³/mol. The largest absolute Gasteiger partial charge is 0.455 e. The monoisotopic (exact) mass is 460 g/mol. The lowest BCUT2D eigenvalue weighted by molar-refractivity contribution is -0.181. The van der Waals surface area contributed by atoms with Crippen LogP contribution in [0.2, 0.25) is 0 Å². The van der Waals surface area contributed by atoms with Crippen LogP contribution in [0, 0.1) is 28.6 Å². The Balaban J connectivity index is 1.39. The fraction of sp³-hybridized carbons (Fsp3) is 0.613. The molecule has 0 N–H and O–H groups in total. The fourth-order valence-electron chi connectivity index (χ4n) is 8.64. The van der Waals surface area contributed by atoms with Gasteiger partial charge < -0.3 is 4.74 Å². The Bertz CT molecular complexity index is 1010. The van der Waals surface area contributed by atoms with E-state index in [1.807, 2.05) is 42.5 Å². The molecule has 0 radical (unpaired) electrons. The molecule has 0 spiro atoms. The molecule has 3 nitrogen and oxygen atoms in total. The van der Waals surface area contributed by atoms with Crippen molar-refractivity contribution in [1.82, 2.24) is 0 Å². The average molecular weight is 461 g/mol. The van der Waals surface area contributed by atoms with E-state index in [4.69, 9.17) is 4.74 Å². The number of ether oxygens (including phenoxy) is 1. The number of hydrogen-bond donors (Lipinski definition) is 0. The molecule has 3 fully saturated rings. The van der Waals surface area contributed by atoms with Crippen molar-refractivity contribution in [1.29, 1.82) is 0 Å². The second kappa shape index (κ2) is 8.81. The Morgan fingerprint density at radius 1 is 1.03 bits per heavy atom. The van der Waals surface area contributed by atoms with Gasteiger partial charge in [0.1, 0.15) is 5.60 Å². The SMILES string of the molecule is CCC[C@]1(OC(=O)C=Cc2ccccc2)CC[C@H]2[C@@H]3CCC4=CC(=O)CC[C@]4(C)[C@H]3CC[C@@]21C. The third kappa shape index (κ3) is 3.71. The van der Waals surface area contributed by atoms with E-state index in [1.54, 1.807) is 6.08 Å². The summed E-state index contributed by atoms with van der Waals surface area (Å²) in [4.78, 5) is 25.2. The molecule has 1 aromatic rings. The molecule has 0 heterocycles. The molecular formula is C31H40O3. The molecular weight excluding hydrogens is 420 g/mol. The van der Waals surface area contributed by atoms with Crippen LogP contribution in [0.5, 0.6) is 0 Å². The quantitative estimate of drug-likeness (QED) is 0.342. The van der Waals surface area contributed by atoms with Crippen LogP contribution >= 0.6 is 0 Å². The van der Waals surface area contributed by atoms with Crippen LogP contribution in [0.25, 0.3) is 6.08 Å². The van der Waals surface area contributed by atoms with E-state index in [0.29, 0.717) is 30.0 Å². The molecule has 3 heteroatoms. The summed E-state index contributed by atoms with van der Waals surface area (Å²) in [6.45, 7) is 7.09. The van der Waals surface area contributed by atoms with E-state index < -0.39 is 0 Å². The van der Waals surface area contributed by atoms with Gasteiger partial charge in [-0.25, -0.2) is 4.79 Å². The van der Waals surface area contributed by atoms with Crippen molar-refractivity contribution >= 4 is 17.8 Å². The molecule has 34 heavy (non-hydrogen) atoms. The zero-order chi connectivity index (χ0) is 24.0. The van der Waals surface area contributed by atoms with Crippen LogP contribution in [0.4, 0.5) is 0 Å². The summed E-state index contributed by atoms with van der Waals surface area (Å²) in [7, 11) is 0. The average Bonchev–Trinajstić information content (AvgIpc) is 3.11. The van der Waals surface area contributed by atoms with Gasteiger partial charge in [-0.2, -0.15) is 0 Å². The first-order chi connectivity index (χ1) is 16.3. The fourth-order valence-corrected chi connectivity index (χ4v) is 8.64. The highest BCUT2D eigenvalue weighted by Gasteiger charge is 2.65. The zero-order valence-corrected chi connectivity index (χ0v) is 21.1. The van der Waals surface area contributed by atoms with Crippen LogP contribution in [0.1, 0.15) is 90.5 Å². The third-order valence-corrected chi connectivity index (χ3v) is 10.4. The lowest BCUT2D eigenvalue weighted by Gasteiger charge is -2.59. The Hall–Kier alpha value is -2.16. The van der Waals surface area contributed by atoms with E-state index in [1.165, 1.54) is 18.4 Å². The second-order valence-electron chi connectivity index (χ2n) is 11.9. The van der Waals surface area contributed by atoms with Gasteiger partial charge in [0.15, 0.2) is 5.78 Å². The van der Waals surface area contributed by atoms with E-state index in [9.17, 15) is 9.59 Å². The highest BCUT2D eigenvalue weighted by atomic mass is 16.6. The van der Waals surface area contributed by atoms with Crippen molar-refractivity contribution in [2.45, 2.75) is 90.6 Å². The number of hydrogen-bond acceptors (Lipinski definition) is 3. The standard InChI is InChI=1S/C31H40O3/c1-4-17-31(34-28(33)13-10-22-8-6-5-7-9-22)20-16-27-25-12-11-23-21-24(32)14-18-29(23,2)26(25)15-19-30(27,31)3/h5-10,13,21,25-27H,4,11-12,14-20H2,1-3H3/t25-,26+,27+,29+,30+,31+/m1/s1. The summed E-state index contributed by atoms with van der Waals surface area (Å²) in [5.74, 6) is 2.05. The van der Waals surface area contributed by atoms with Crippen LogP contribution in [0.15, 0.2) is 48.1 Å². The first-order valence-corrected chi connectivity index (χ1v) is 13.5. The van der Waals surface area contributed by atoms with Crippen LogP contribution < -0.4 is 0 Å². The van der Waals surface area contributed by atoms with Gasteiger partial charge in [-0.05, 0) is 92.3 Å². The number of allylic oxidation sites excluding steroid dienone is 1. The van der Waals surface area contributed by atoms with E-state index >= 15 is 0 Å². The van der Waals surface area contributed by atoms with Crippen molar-refractivity contribution in [3.8, 4) is 0 Å². The molecule has 0 bridgehead atoms. The summed E-state index contributed by atoms with van der Waals surface area (Å²) < 4.78 is 6.48. The zero-order valence-electron chi connectivity index (χ0n) is 21.1. The lowest BCUT2D eigenvalue weighted by Crippen LogP contribution is -2.56. The Morgan fingerprint density at radius 2 is 1.79 bits per heavy atom. The third-order valence-electron chi connectivity index (χ3n) is 10.4. The van der Waals surface area contributed by atoms with Crippen molar-refractivity contribution in [3.05, 3.63) is 53.6 Å². The smallest absolute Gasteiger partial charge is 0.331 e. The summed E-state index contributed by atoms with van der Waals surface area (Å²) in [6.07, 6.45) is 15.9. The number of carbonyl (C=O) groups excluding carboxylic acids is 2. The lowest BCUT2D eigenvalue weighted by atomic mass is 9.46. The predicted octanol–water partition coefficient (Wildman–Crippen LogP) is 7.31. The molecule has 0 amide bonds. The minimum Gasteiger partial charge on any atom is -0.455 e. The summed E-state index contributed by atoms with van der Waals surface area (Å²) >= 11 is 0. The van der Waals surface area contributed by atoms with Gasteiger partial charge in [0.2, 0.25) is 0 Å². The minimum absolute atomic E-state index is 0.0302. The maximum absolute atomic E-state index is 13.1. The molecule has 0 saturated heterocycles.